The van der Waals surface area contributed by atoms with E-state index < -0.39 is 48.1 Å². The van der Waals surface area contributed by atoms with Crippen molar-refractivity contribution < 1.29 is 43.5 Å². The first kappa shape index (κ1) is 25.5. The van der Waals surface area contributed by atoms with Crippen molar-refractivity contribution in [3.8, 4) is 0 Å². The molecule has 1 heterocycles. The van der Waals surface area contributed by atoms with Gasteiger partial charge in [0.2, 0.25) is 5.79 Å². The lowest BCUT2D eigenvalue weighted by atomic mass is 9.74. The summed E-state index contributed by atoms with van der Waals surface area (Å²) in [5, 5.41) is 19.2. The molecule has 0 aromatic carbocycles. The predicted molar refractivity (Wildman–Crippen MR) is 109 cm³/mol. The van der Waals surface area contributed by atoms with Gasteiger partial charge in [-0.2, -0.15) is 0 Å². The van der Waals surface area contributed by atoms with Crippen LogP contribution in [-0.2, 0) is 33.3 Å². The number of rotatable bonds is 9. The summed E-state index contributed by atoms with van der Waals surface area (Å²) in [5.41, 5.74) is -0.941. The minimum Gasteiger partial charge on any atom is -0.466 e. The Labute approximate surface area is 182 Å². The fourth-order valence-electron chi connectivity index (χ4n) is 4.27. The third kappa shape index (κ3) is 5.34. The van der Waals surface area contributed by atoms with E-state index in [1.54, 1.807) is 13.8 Å². The molecule has 0 amide bonds. The monoisotopic (exact) mass is 442 g/mol. The molecule has 2 unspecified atom stereocenters. The lowest BCUT2D eigenvalue weighted by Gasteiger charge is -2.52. The van der Waals surface area contributed by atoms with Crippen molar-refractivity contribution in [1.29, 1.82) is 0 Å². The minimum absolute atomic E-state index is 0.0237. The molecule has 176 valence electrons. The molecule has 9 nitrogen and oxygen atoms in total. The van der Waals surface area contributed by atoms with Crippen LogP contribution in [0.3, 0.4) is 0 Å². The van der Waals surface area contributed by atoms with Gasteiger partial charge in [0.15, 0.2) is 6.10 Å². The number of methoxy groups -OCH3 is 2. The number of aldehydes is 1. The Hall–Kier alpha value is -1.81. The van der Waals surface area contributed by atoms with Gasteiger partial charge < -0.3 is 34.0 Å². The van der Waals surface area contributed by atoms with Crippen molar-refractivity contribution in [2.45, 2.75) is 70.6 Å². The van der Waals surface area contributed by atoms with E-state index in [1.807, 2.05) is 6.92 Å². The average molecular weight is 443 g/mol. The number of ether oxygens (including phenoxy) is 4. The highest BCUT2D eigenvalue weighted by Gasteiger charge is 2.60. The molecule has 0 bridgehead atoms. The Morgan fingerprint density at radius 1 is 1.32 bits per heavy atom. The van der Waals surface area contributed by atoms with E-state index in [1.165, 1.54) is 20.3 Å². The first-order valence-corrected chi connectivity index (χ1v) is 10.5. The number of aliphatic hydroxyl groups excluding tert-OH is 2. The van der Waals surface area contributed by atoms with Gasteiger partial charge in [0, 0.05) is 19.6 Å². The van der Waals surface area contributed by atoms with E-state index in [-0.39, 0.29) is 18.8 Å². The van der Waals surface area contributed by atoms with Crippen LogP contribution in [0.2, 0.25) is 0 Å². The van der Waals surface area contributed by atoms with Crippen molar-refractivity contribution in [1.82, 2.24) is 0 Å². The van der Waals surface area contributed by atoms with Crippen molar-refractivity contribution in [2.24, 2.45) is 17.3 Å². The topological polar surface area (TPSA) is 129 Å². The molecular weight excluding hydrogens is 408 g/mol. The average Bonchev–Trinajstić information content (AvgIpc) is 2.72. The highest BCUT2D eigenvalue weighted by molar-refractivity contribution is 5.83. The summed E-state index contributed by atoms with van der Waals surface area (Å²) >= 11 is 0. The fourth-order valence-corrected chi connectivity index (χ4v) is 4.27. The van der Waals surface area contributed by atoms with Crippen LogP contribution in [0, 0.1) is 17.3 Å². The second-order valence-electron chi connectivity index (χ2n) is 9.06. The Bertz CT molecular complexity index is 695. The van der Waals surface area contributed by atoms with Crippen LogP contribution in [0.4, 0.5) is 0 Å². The third-order valence-corrected chi connectivity index (χ3v) is 6.17. The molecule has 0 radical (unpaired) electrons. The Kier molecular flexibility index (Phi) is 8.38. The first-order chi connectivity index (χ1) is 14.5. The lowest BCUT2D eigenvalue weighted by Crippen LogP contribution is -2.64. The number of aliphatic hydroxyl groups is 2. The van der Waals surface area contributed by atoms with Crippen molar-refractivity contribution in [3.05, 3.63) is 11.6 Å². The van der Waals surface area contributed by atoms with Gasteiger partial charge in [-0.15, -0.1) is 0 Å². The zero-order valence-corrected chi connectivity index (χ0v) is 18.8. The summed E-state index contributed by atoms with van der Waals surface area (Å²) in [6.07, 6.45) is 0.421. The minimum atomic E-state index is -1.75. The molecule has 2 aliphatic rings. The maximum absolute atomic E-state index is 12.8. The van der Waals surface area contributed by atoms with Gasteiger partial charge in [-0.05, 0) is 44.6 Å². The molecule has 0 aromatic rings. The molecule has 4 atom stereocenters. The standard InChI is InChI=1S/C22H34O9/c1-13-6-15(7-13)20(27)30-19-14(9-18(26)28-4)8-17(10-16(25)11-23)31-22(19,29-5)21(2,3)12-24/h9,12-13,15-17,19,23,25H,6-8,10-11H2,1-5H3/b14-9+/t13?,15?,16?,17?,19-,22+/m0/s1. The zero-order chi connectivity index (χ0) is 23.4. The SMILES string of the molecule is COC(=O)/C=C1\CC(CC(O)CO)O[C@@](OC)(C(C)(C)C=O)[C@H]1OC(=O)C1CC(C)C1. The van der Waals surface area contributed by atoms with Gasteiger partial charge in [-0.1, -0.05) is 6.92 Å². The Morgan fingerprint density at radius 3 is 2.45 bits per heavy atom. The molecule has 1 saturated heterocycles. The molecule has 31 heavy (non-hydrogen) atoms. The molecule has 1 aliphatic heterocycles. The van der Waals surface area contributed by atoms with E-state index in [0.717, 1.165) is 0 Å². The number of carbonyl (C=O) groups excluding carboxylic acids is 3. The van der Waals surface area contributed by atoms with Gasteiger partial charge in [0.1, 0.15) is 6.29 Å². The van der Waals surface area contributed by atoms with Crippen LogP contribution in [0.15, 0.2) is 11.6 Å². The summed E-state index contributed by atoms with van der Waals surface area (Å²) in [5.74, 6) is -2.70. The molecular formula is C22H34O9. The molecule has 1 aliphatic carbocycles. The van der Waals surface area contributed by atoms with Gasteiger partial charge in [-0.3, -0.25) is 4.79 Å². The van der Waals surface area contributed by atoms with E-state index in [4.69, 9.17) is 18.9 Å². The fraction of sp³-hybridized carbons (Fsp3) is 0.773. The Balaban J connectivity index is 2.51. The van der Waals surface area contributed by atoms with Crippen molar-refractivity contribution in [2.75, 3.05) is 20.8 Å². The maximum Gasteiger partial charge on any atom is 0.330 e. The number of hydrogen-bond acceptors (Lipinski definition) is 9. The molecule has 0 aromatic heterocycles. The molecule has 1 saturated carbocycles. The van der Waals surface area contributed by atoms with Gasteiger partial charge >= 0.3 is 11.9 Å². The van der Waals surface area contributed by atoms with Crippen LogP contribution >= 0.6 is 0 Å². The van der Waals surface area contributed by atoms with E-state index in [9.17, 15) is 24.6 Å². The van der Waals surface area contributed by atoms with Crippen LogP contribution < -0.4 is 0 Å². The largest absolute Gasteiger partial charge is 0.466 e. The lowest BCUT2D eigenvalue weighted by molar-refractivity contribution is -0.338. The number of esters is 2. The summed E-state index contributed by atoms with van der Waals surface area (Å²) in [6, 6.07) is 0. The summed E-state index contributed by atoms with van der Waals surface area (Å²) < 4.78 is 22.5. The molecule has 9 heteroatoms. The predicted octanol–water partition coefficient (Wildman–Crippen LogP) is 1.14. The van der Waals surface area contributed by atoms with E-state index in [2.05, 4.69) is 0 Å². The summed E-state index contributed by atoms with van der Waals surface area (Å²) in [7, 11) is 2.56. The highest BCUT2D eigenvalue weighted by atomic mass is 16.7. The molecule has 2 fully saturated rings. The summed E-state index contributed by atoms with van der Waals surface area (Å²) in [4.78, 5) is 36.9. The maximum atomic E-state index is 12.8. The van der Waals surface area contributed by atoms with E-state index >= 15 is 0 Å². The number of hydrogen-bond donors (Lipinski definition) is 2. The highest BCUT2D eigenvalue weighted by Crippen LogP contribution is 2.47. The first-order valence-electron chi connectivity index (χ1n) is 10.5. The van der Waals surface area contributed by atoms with E-state index in [0.29, 0.717) is 30.6 Å². The van der Waals surface area contributed by atoms with Crippen LogP contribution in [0.5, 0.6) is 0 Å². The van der Waals surface area contributed by atoms with Crippen LogP contribution in [-0.4, -0.2) is 73.4 Å². The normalized spacial score (nSPS) is 33.3. The van der Waals surface area contributed by atoms with Crippen LogP contribution in [0.1, 0.15) is 46.5 Å². The molecule has 0 spiro atoms. The smallest absolute Gasteiger partial charge is 0.330 e. The molecule has 2 N–H and O–H groups in total. The van der Waals surface area contributed by atoms with Crippen molar-refractivity contribution in [3.63, 3.8) is 0 Å². The zero-order valence-electron chi connectivity index (χ0n) is 18.8. The summed E-state index contributed by atoms with van der Waals surface area (Å²) in [6.45, 7) is 4.72. The van der Waals surface area contributed by atoms with Crippen molar-refractivity contribution >= 4 is 18.2 Å². The van der Waals surface area contributed by atoms with Gasteiger partial charge in [-0.25, -0.2) is 4.79 Å². The quantitative estimate of drug-likeness (QED) is 0.307. The second kappa shape index (κ2) is 10.2. The molecule has 2 rings (SSSR count). The van der Waals surface area contributed by atoms with Gasteiger partial charge in [0.25, 0.3) is 0 Å². The second-order valence-corrected chi connectivity index (χ2v) is 9.06. The van der Waals surface area contributed by atoms with Gasteiger partial charge in [0.05, 0.1) is 37.3 Å². The number of carbonyl (C=O) groups is 3. The third-order valence-electron chi connectivity index (χ3n) is 6.17. The van der Waals surface area contributed by atoms with Crippen LogP contribution in [0.25, 0.3) is 0 Å². The Morgan fingerprint density at radius 2 is 1.97 bits per heavy atom.